The molecule has 0 radical (unpaired) electrons. The number of benzene rings is 8. The molecular formula is C47H30O2. The van der Waals surface area contributed by atoms with E-state index in [4.69, 9.17) is 9.15 Å². The van der Waals surface area contributed by atoms with Crippen LogP contribution >= 0.6 is 0 Å². The van der Waals surface area contributed by atoms with Crippen molar-refractivity contribution in [3.8, 4) is 33.8 Å². The minimum Gasteiger partial charge on any atom is -0.457 e. The summed E-state index contributed by atoms with van der Waals surface area (Å²) in [5, 5.41) is 4.66. The smallest absolute Gasteiger partial charge is 0.136 e. The fourth-order valence-electron chi connectivity index (χ4n) is 8.01. The second-order valence-electron chi connectivity index (χ2n) is 12.8. The molecule has 9 aromatic rings. The molecule has 0 spiro atoms. The van der Waals surface area contributed by atoms with E-state index < -0.39 is 5.41 Å². The summed E-state index contributed by atoms with van der Waals surface area (Å²) >= 11 is 0. The fraction of sp³-hybridized carbons (Fsp3) is 0.0213. The average molecular weight is 627 g/mol. The molecule has 0 atom stereocenters. The van der Waals surface area contributed by atoms with Gasteiger partial charge in [-0.1, -0.05) is 146 Å². The molecule has 1 aliphatic heterocycles. The molecule has 10 rings (SSSR count). The van der Waals surface area contributed by atoms with Crippen LogP contribution < -0.4 is 4.74 Å². The van der Waals surface area contributed by atoms with Gasteiger partial charge in [0.1, 0.15) is 22.7 Å². The first-order valence-electron chi connectivity index (χ1n) is 16.8. The van der Waals surface area contributed by atoms with Crippen LogP contribution in [0.15, 0.2) is 186 Å². The van der Waals surface area contributed by atoms with Gasteiger partial charge in [0, 0.05) is 21.9 Å². The van der Waals surface area contributed by atoms with Gasteiger partial charge in [-0.25, -0.2) is 0 Å². The second-order valence-corrected chi connectivity index (χ2v) is 12.8. The van der Waals surface area contributed by atoms with E-state index in [1.54, 1.807) is 0 Å². The number of hydrogen-bond acceptors (Lipinski definition) is 2. The van der Waals surface area contributed by atoms with Crippen LogP contribution in [0.4, 0.5) is 0 Å². The van der Waals surface area contributed by atoms with Crippen LogP contribution in [0.3, 0.4) is 0 Å². The third kappa shape index (κ3) is 4.21. The molecule has 0 fully saturated rings. The lowest BCUT2D eigenvalue weighted by Crippen LogP contribution is -2.34. The number of para-hydroxylation sites is 1. The van der Waals surface area contributed by atoms with Crippen molar-refractivity contribution in [2.45, 2.75) is 5.41 Å². The molecular weight excluding hydrogens is 597 g/mol. The normalized spacial score (nSPS) is 13.2. The molecule has 0 saturated carbocycles. The van der Waals surface area contributed by atoms with Crippen molar-refractivity contribution in [1.82, 2.24) is 0 Å². The molecule has 0 amide bonds. The van der Waals surface area contributed by atoms with Gasteiger partial charge in [0.2, 0.25) is 0 Å². The lowest BCUT2D eigenvalue weighted by molar-refractivity contribution is 0.435. The summed E-state index contributed by atoms with van der Waals surface area (Å²) < 4.78 is 13.2. The highest BCUT2D eigenvalue weighted by molar-refractivity contribution is 6.15. The highest BCUT2D eigenvalue weighted by Gasteiger charge is 2.45. The maximum absolute atomic E-state index is 6.77. The zero-order valence-electron chi connectivity index (χ0n) is 26.6. The lowest BCUT2D eigenvalue weighted by Gasteiger charge is -2.41. The predicted octanol–water partition coefficient (Wildman–Crippen LogP) is 12.6. The van der Waals surface area contributed by atoms with Crippen molar-refractivity contribution in [1.29, 1.82) is 0 Å². The van der Waals surface area contributed by atoms with Crippen LogP contribution in [0.1, 0.15) is 22.3 Å². The molecule has 0 aliphatic carbocycles. The summed E-state index contributed by atoms with van der Waals surface area (Å²) in [4.78, 5) is 0. The Morgan fingerprint density at radius 3 is 1.82 bits per heavy atom. The van der Waals surface area contributed by atoms with Crippen molar-refractivity contribution < 1.29 is 9.15 Å². The summed E-state index contributed by atoms with van der Waals surface area (Å²) in [5.74, 6) is 1.74. The number of rotatable bonds is 4. The Morgan fingerprint density at radius 1 is 0.388 bits per heavy atom. The van der Waals surface area contributed by atoms with E-state index in [1.165, 1.54) is 21.9 Å². The molecule has 0 bridgehead atoms. The van der Waals surface area contributed by atoms with E-state index in [2.05, 4.69) is 182 Å². The van der Waals surface area contributed by atoms with Gasteiger partial charge < -0.3 is 9.15 Å². The minimum atomic E-state index is -0.533. The molecule has 2 heteroatoms. The van der Waals surface area contributed by atoms with Crippen molar-refractivity contribution >= 4 is 32.7 Å². The number of furan rings is 1. The van der Waals surface area contributed by atoms with Crippen LogP contribution in [0.5, 0.6) is 11.5 Å². The fourth-order valence-corrected chi connectivity index (χ4v) is 8.01. The molecule has 1 aliphatic rings. The maximum Gasteiger partial charge on any atom is 0.136 e. The van der Waals surface area contributed by atoms with Gasteiger partial charge in [-0.05, 0) is 80.6 Å². The molecule has 0 unspecified atom stereocenters. The molecule has 8 aromatic carbocycles. The summed E-state index contributed by atoms with van der Waals surface area (Å²) in [6.45, 7) is 0. The molecule has 0 saturated heterocycles. The van der Waals surface area contributed by atoms with E-state index in [1.807, 2.05) is 0 Å². The number of ether oxygens (including phenoxy) is 1. The van der Waals surface area contributed by atoms with E-state index in [-0.39, 0.29) is 0 Å². The van der Waals surface area contributed by atoms with Gasteiger partial charge in [-0.15, -0.1) is 0 Å². The summed E-state index contributed by atoms with van der Waals surface area (Å²) in [5.41, 5.74) is 10.5. The largest absolute Gasteiger partial charge is 0.457 e. The Morgan fingerprint density at radius 2 is 1.02 bits per heavy atom. The van der Waals surface area contributed by atoms with Gasteiger partial charge in [0.15, 0.2) is 0 Å². The van der Waals surface area contributed by atoms with E-state index in [9.17, 15) is 0 Å². The first-order chi connectivity index (χ1) is 24.3. The first kappa shape index (κ1) is 27.7. The first-order valence-corrected chi connectivity index (χ1v) is 16.8. The molecule has 49 heavy (non-hydrogen) atoms. The van der Waals surface area contributed by atoms with Crippen molar-refractivity contribution in [3.05, 3.63) is 204 Å². The highest BCUT2D eigenvalue weighted by atomic mass is 16.5. The number of fused-ring (bicyclic) bond motifs is 6. The van der Waals surface area contributed by atoms with Crippen molar-refractivity contribution in [2.75, 3.05) is 0 Å². The standard InChI is InChI=1S/C47H30O2/c1-3-17-36(18-4-1)47(37-19-5-2-6-20-37)40-22-9-10-23-42(40)48-45-30-34(25-26-41(45)47)31-15-11-16-35(27-31)38-21-12-24-43-46(38)39-28-32-13-7-8-14-33(32)29-44(39)49-43/h1-30H. The van der Waals surface area contributed by atoms with Crippen LogP contribution in [0.2, 0.25) is 0 Å². The Balaban J connectivity index is 1.15. The second kappa shape index (κ2) is 10.8. The zero-order valence-corrected chi connectivity index (χ0v) is 26.6. The molecule has 2 nitrogen and oxygen atoms in total. The zero-order chi connectivity index (χ0) is 32.4. The SMILES string of the molecule is c1ccc(C2(c3ccccc3)c3ccccc3Oc3cc(-c4cccc(-c5cccc6oc7cc8ccccc8cc7c56)c4)ccc32)cc1. The summed E-state index contributed by atoms with van der Waals surface area (Å²) in [6, 6.07) is 64.9. The van der Waals surface area contributed by atoms with Gasteiger partial charge in [0.05, 0.1) is 5.41 Å². The molecule has 0 N–H and O–H groups in total. The third-order valence-electron chi connectivity index (χ3n) is 10.2. The van der Waals surface area contributed by atoms with Crippen molar-refractivity contribution in [3.63, 3.8) is 0 Å². The van der Waals surface area contributed by atoms with Gasteiger partial charge >= 0.3 is 0 Å². The Hall–Kier alpha value is -6.38. The van der Waals surface area contributed by atoms with Gasteiger partial charge in [-0.2, -0.15) is 0 Å². The third-order valence-corrected chi connectivity index (χ3v) is 10.2. The van der Waals surface area contributed by atoms with Crippen LogP contribution in [0, 0.1) is 0 Å². The Bertz CT molecular complexity index is 2650. The van der Waals surface area contributed by atoms with Crippen LogP contribution in [0.25, 0.3) is 55.0 Å². The number of hydrogen-bond donors (Lipinski definition) is 0. The highest BCUT2D eigenvalue weighted by Crippen LogP contribution is 2.55. The molecule has 1 aromatic heterocycles. The Kier molecular flexibility index (Phi) is 6.13. The maximum atomic E-state index is 6.77. The molecule has 2 heterocycles. The van der Waals surface area contributed by atoms with Gasteiger partial charge in [0.25, 0.3) is 0 Å². The van der Waals surface area contributed by atoms with E-state index >= 15 is 0 Å². The topological polar surface area (TPSA) is 22.4 Å². The van der Waals surface area contributed by atoms with Crippen LogP contribution in [-0.2, 0) is 5.41 Å². The van der Waals surface area contributed by atoms with Crippen molar-refractivity contribution in [2.24, 2.45) is 0 Å². The molecule has 230 valence electrons. The Labute approximate surface area is 284 Å². The predicted molar refractivity (Wildman–Crippen MR) is 200 cm³/mol. The summed E-state index contributed by atoms with van der Waals surface area (Å²) in [6.07, 6.45) is 0. The monoisotopic (exact) mass is 626 g/mol. The van der Waals surface area contributed by atoms with Crippen LogP contribution in [-0.4, -0.2) is 0 Å². The quantitative estimate of drug-likeness (QED) is 0.194. The minimum absolute atomic E-state index is 0.533. The lowest BCUT2D eigenvalue weighted by atomic mass is 9.63. The van der Waals surface area contributed by atoms with E-state index in [0.29, 0.717) is 0 Å². The average Bonchev–Trinajstić information content (AvgIpc) is 3.54. The van der Waals surface area contributed by atoms with E-state index in [0.717, 1.165) is 66.8 Å². The van der Waals surface area contributed by atoms with Gasteiger partial charge in [-0.3, -0.25) is 0 Å². The summed E-state index contributed by atoms with van der Waals surface area (Å²) in [7, 11) is 0.